The van der Waals surface area contributed by atoms with E-state index in [2.05, 4.69) is 15.6 Å². The van der Waals surface area contributed by atoms with Crippen LogP contribution in [0.4, 0.5) is 17.3 Å². The van der Waals surface area contributed by atoms with Crippen LogP contribution in [0.2, 0.25) is 0 Å². The maximum absolute atomic E-state index is 11.0. The van der Waals surface area contributed by atoms with Crippen molar-refractivity contribution in [2.24, 2.45) is 0 Å². The fourth-order valence-corrected chi connectivity index (χ4v) is 2.02. The summed E-state index contributed by atoms with van der Waals surface area (Å²) in [6.07, 6.45) is 2.14. The number of nitrogens with one attached hydrogen (secondary N) is 2. The van der Waals surface area contributed by atoms with Gasteiger partial charge in [0.05, 0.1) is 11.0 Å². The molecule has 0 aromatic carbocycles. The van der Waals surface area contributed by atoms with E-state index in [1.54, 1.807) is 6.07 Å². The van der Waals surface area contributed by atoms with Crippen molar-refractivity contribution < 1.29 is 9.66 Å². The van der Waals surface area contributed by atoms with E-state index in [0.717, 1.165) is 26.0 Å². The van der Waals surface area contributed by atoms with Gasteiger partial charge in [0.2, 0.25) is 5.82 Å². The first-order valence-electron chi connectivity index (χ1n) is 6.45. The van der Waals surface area contributed by atoms with Crippen molar-refractivity contribution in [2.45, 2.75) is 25.9 Å². The first kappa shape index (κ1) is 13.5. The van der Waals surface area contributed by atoms with Crippen LogP contribution in [-0.2, 0) is 4.74 Å². The Kier molecular flexibility index (Phi) is 4.51. The summed E-state index contributed by atoms with van der Waals surface area (Å²) in [6.45, 7) is 3.97. The van der Waals surface area contributed by atoms with Crippen molar-refractivity contribution in [1.82, 2.24) is 4.98 Å². The lowest BCUT2D eigenvalue weighted by molar-refractivity contribution is -0.384. The van der Waals surface area contributed by atoms with E-state index < -0.39 is 4.92 Å². The lowest BCUT2D eigenvalue weighted by Crippen LogP contribution is -2.19. The summed E-state index contributed by atoms with van der Waals surface area (Å²) in [5, 5.41) is 17.0. The topological polar surface area (TPSA) is 89.3 Å². The van der Waals surface area contributed by atoms with Gasteiger partial charge in [0.15, 0.2) is 0 Å². The van der Waals surface area contributed by atoms with Gasteiger partial charge in [-0.3, -0.25) is 10.1 Å². The lowest BCUT2D eigenvalue weighted by Gasteiger charge is -2.12. The number of pyridine rings is 1. The van der Waals surface area contributed by atoms with Gasteiger partial charge >= 0.3 is 5.69 Å². The molecular formula is C12H18N4O3. The van der Waals surface area contributed by atoms with Crippen molar-refractivity contribution in [3.63, 3.8) is 0 Å². The van der Waals surface area contributed by atoms with E-state index in [9.17, 15) is 10.1 Å². The van der Waals surface area contributed by atoms with Crippen LogP contribution in [0.1, 0.15) is 19.8 Å². The maximum atomic E-state index is 11.0. The van der Waals surface area contributed by atoms with Gasteiger partial charge in [-0.2, -0.15) is 0 Å². The van der Waals surface area contributed by atoms with E-state index >= 15 is 0 Å². The molecule has 19 heavy (non-hydrogen) atoms. The largest absolute Gasteiger partial charge is 0.376 e. The van der Waals surface area contributed by atoms with Gasteiger partial charge in [0.25, 0.3) is 0 Å². The van der Waals surface area contributed by atoms with E-state index in [1.165, 1.54) is 6.07 Å². The highest BCUT2D eigenvalue weighted by molar-refractivity contribution is 5.60. The Bertz CT molecular complexity index is 447. The molecule has 1 aromatic heterocycles. The predicted molar refractivity (Wildman–Crippen MR) is 72.5 cm³/mol. The van der Waals surface area contributed by atoms with Crippen molar-refractivity contribution in [3.05, 3.63) is 22.2 Å². The van der Waals surface area contributed by atoms with Gasteiger partial charge < -0.3 is 15.4 Å². The molecule has 7 heteroatoms. The third kappa shape index (κ3) is 3.54. The molecule has 1 aliphatic heterocycles. The zero-order valence-corrected chi connectivity index (χ0v) is 10.9. The smallest absolute Gasteiger partial charge is 0.311 e. The highest BCUT2D eigenvalue weighted by Gasteiger charge is 2.19. The normalized spacial score (nSPS) is 18.3. The number of aromatic nitrogens is 1. The Balaban J connectivity index is 2.09. The van der Waals surface area contributed by atoms with Crippen molar-refractivity contribution in [3.8, 4) is 0 Å². The molecule has 2 N–H and O–H groups in total. The molecule has 2 rings (SSSR count). The summed E-state index contributed by atoms with van der Waals surface area (Å²) < 4.78 is 5.48. The third-order valence-corrected chi connectivity index (χ3v) is 2.95. The number of nitro groups is 1. The molecule has 1 fully saturated rings. The zero-order chi connectivity index (χ0) is 13.7. The standard InChI is InChI=1S/C12H18N4O3/c1-2-13-11-6-5-10(16(17)18)12(15-11)14-8-9-4-3-7-19-9/h5-6,9H,2-4,7-8H2,1H3,(H2,13,14,15). The Labute approximate surface area is 111 Å². The summed E-state index contributed by atoms with van der Waals surface area (Å²) >= 11 is 0. The van der Waals surface area contributed by atoms with Gasteiger partial charge in [-0.1, -0.05) is 0 Å². The second kappa shape index (κ2) is 6.33. The average Bonchev–Trinajstić information content (AvgIpc) is 2.89. The van der Waals surface area contributed by atoms with E-state index in [-0.39, 0.29) is 11.8 Å². The quantitative estimate of drug-likeness (QED) is 0.604. The number of hydrogen-bond donors (Lipinski definition) is 2. The first-order valence-corrected chi connectivity index (χ1v) is 6.45. The second-order valence-electron chi connectivity index (χ2n) is 4.37. The summed E-state index contributed by atoms with van der Waals surface area (Å²) in [7, 11) is 0. The van der Waals surface area contributed by atoms with Crippen LogP contribution >= 0.6 is 0 Å². The van der Waals surface area contributed by atoms with Gasteiger partial charge in [0.1, 0.15) is 5.82 Å². The Morgan fingerprint density at radius 1 is 1.53 bits per heavy atom. The molecule has 0 spiro atoms. The predicted octanol–water partition coefficient (Wildman–Crippen LogP) is 2.01. The SMILES string of the molecule is CCNc1ccc([N+](=O)[O-])c(NCC2CCCO2)n1. The second-order valence-corrected chi connectivity index (χ2v) is 4.37. The van der Waals surface area contributed by atoms with Crippen LogP contribution < -0.4 is 10.6 Å². The van der Waals surface area contributed by atoms with E-state index in [1.807, 2.05) is 6.92 Å². The molecular weight excluding hydrogens is 248 g/mol. The van der Waals surface area contributed by atoms with Crippen LogP contribution in [0, 0.1) is 10.1 Å². The highest BCUT2D eigenvalue weighted by Crippen LogP contribution is 2.24. The molecule has 1 saturated heterocycles. The average molecular weight is 266 g/mol. The Hall–Kier alpha value is -1.89. The third-order valence-electron chi connectivity index (χ3n) is 2.95. The molecule has 1 unspecified atom stereocenters. The molecule has 2 heterocycles. The fraction of sp³-hybridized carbons (Fsp3) is 0.583. The van der Waals surface area contributed by atoms with Gasteiger partial charge in [-0.25, -0.2) is 4.98 Å². The summed E-state index contributed by atoms with van der Waals surface area (Å²) in [6, 6.07) is 3.07. The number of nitrogens with zero attached hydrogens (tertiary/aromatic N) is 2. The number of ether oxygens (including phenoxy) is 1. The van der Waals surface area contributed by atoms with Gasteiger partial charge in [0, 0.05) is 25.8 Å². The molecule has 7 nitrogen and oxygen atoms in total. The van der Waals surface area contributed by atoms with Crippen LogP contribution in [0.5, 0.6) is 0 Å². The number of hydrogen-bond acceptors (Lipinski definition) is 6. The molecule has 0 bridgehead atoms. The molecule has 104 valence electrons. The Morgan fingerprint density at radius 2 is 2.37 bits per heavy atom. The van der Waals surface area contributed by atoms with Gasteiger partial charge in [-0.05, 0) is 25.8 Å². The van der Waals surface area contributed by atoms with Crippen LogP contribution in [0.15, 0.2) is 12.1 Å². The van der Waals surface area contributed by atoms with E-state index in [0.29, 0.717) is 18.2 Å². The first-order chi connectivity index (χ1) is 9.20. The lowest BCUT2D eigenvalue weighted by atomic mass is 10.2. The molecule has 0 radical (unpaired) electrons. The summed E-state index contributed by atoms with van der Waals surface area (Å²) in [5.41, 5.74) is -0.0142. The molecule has 0 saturated carbocycles. The van der Waals surface area contributed by atoms with Crippen LogP contribution in [-0.4, -0.2) is 35.7 Å². The molecule has 1 aliphatic rings. The molecule has 0 amide bonds. The molecule has 0 aliphatic carbocycles. The van der Waals surface area contributed by atoms with Gasteiger partial charge in [-0.15, -0.1) is 0 Å². The van der Waals surface area contributed by atoms with Crippen molar-refractivity contribution >= 4 is 17.3 Å². The number of anilines is 2. The fourth-order valence-electron chi connectivity index (χ4n) is 2.02. The summed E-state index contributed by atoms with van der Waals surface area (Å²) in [5.74, 6) is 0.918. The van der Waals surface area contributed by atoms with Crippen molar-refractivity contribution in [1.29, 1.82) is 0 Å². The molecule has 1 atom stereocenters. The molecule has 1 aromatic rings. The zero-order valence-electron chi connectivity index (χ0n) is 10.9. The Morgan fingerprint density at radius 3 is 3.00 bits per heavy atom. The monoisotopic (exact) mass is 266 g/mol. The minimum absolute atomic E-state index is 0.0142. The number of rotatable bonds is 6. The van der Waals surface area contributed by atoms with Crippen LogP contribution in [0.3, 0.4) is 0 Å². The summed E-state index contributed by atoms with van der Waals surface area (Å²) in [4.78, 5) is 14.8. The van der Waals surface area contributed by atoms with E-state index in [4.69, 9.17) is 4.74 Å². The highest BCUT2D eigenvalue weighted by atomic mass is 16.6. The van der Waals surface area contributed by atoms with Crippen molar-refractivity contribution in [2.75, 3.05) is 30.3 Å². The minimum atomic E-state index is -0.430. The minimum Gasteiger partial charge on any atom is -0.376 e. The maximum Gasteiger partial charge on any atom is 0.311 e. The van der Waals surface area contributed by atoms with Crippen LogP contribution in [0.25, 0.3) is 0 Å².